The van der Waals surface area contributed by atoms with Gasteiger partial charge in [-0.15, -0.1) is 0 Å². The first-order chi connectivity index (χ1) is 10.6. The maximum absolute atomic E-state index is 11.9. The van der Waals surface area contributed by atoms with Crippen LogP contribution in [0.1, 0.15) is 57.6 Å². The monoisotopic (exact) mass is 319 g/mol. The predicted molar refractivity (Wildman–Crippen MR) is 88.8 cm³/mol. The van der Waals surface area contributed by atoms with E-state index in [1.54, 1.807) is 0 Å². The summed E-state index contributed by atoms with van der Waals surface area (Å²) >= 11 is 0. The van der Waals surface area contributed by atoms with Gasteiger partial charge in [0.25, 0.3) is 0 Å². The first-order valence-corrected chi connectivity index (χ1v) is 7.94. The molecule has 1 aliphatic rings. The number of benzene rings is 1. The Morgan fingerprint density at radius 3 is 2.39 bits per heavy atom. The molecule has 126 valence electrons. The van der Waals surface area contributed by atoms with E-state index in [0.717, 1.165) is 30.4 Å². The van der Waals surface area contributed by atoms with Gasteiger partial charge in [-0.3, -0.25) is 10.1 Å². The molecule has 1 amide bonds. The lowest BCUT2D eigenvalue weighted by atomic mass is 9.62. The second kappa shape index (κ2) is 6.22. The Labute approximate surface area is 137 Å². The van der Waals surface area contributed by atoms with Gasteiger partial charge >= 0.3 is 12.1 Å². The molecule has 0 unspecified atom stereocenters. The number of carbonyl (C=O) groups is 2. The van der Waals surface area contributed by atoms with Crippen LogP contribution in [0.2, 0.25) is 0 Å². The summed E-state index contributed by atoms with van der Waals surface area (Å²) in [5.41, 5.74) is 1.84. The van der Waals surface area contributed by atoms with Crippen LogP contribution in [0.3, 0.4) is 0 Å². The second-order valence-electron chi connectivity index (χ2n) is 7.36. The van der Waals surface area contributed by atoms with E-state index in [2.05, 4.69) is 5.32 Å². The van der Waals surface area contributed by atoms with E-state index in [0.29, 0.717) is 5.69 Å². The zero-order valence-corrected chi connectivity index (χ0v) is 14.2. The highest BCUT2D eigenvalue weighted by Crippen LogP contribution is 2.47. The summed E-state index contributed by atoms with van der Waals surface area (Å²) in [6.07, 6.45) is 2.53. The minimum absolute atomic E-state index is 0.158. The van der Waals surface area contributed by atoms with Gasteiger partial charge in [0, 0.05) is 11.1 Å². The first kappa shape index (κ1) is 17.3. The van der Waals surface area contributed by atoms with E-state index in [1.165, 1.54) is 0 Å². The smallest absolute Gasteiger partial charge is 0.412 e. The largest absolute Gasteiger partial charge is 0.481 e. The molecule has 1 fully saturated rings. The number of carboxylic acids is 1. The maximum atomic E-state index is 11.9. The molecule has 0 spiro atoms. The summed E-state index contributed by atoms with van der Waals surface area (Å²) in [6.45, 7) is 7.35. The van der Waals surface area contributed by atoms with Gasteiger partial charge in [-0.05, 0) is 57.7 Å². The number of hydrogen-bond donors (Lipinski definition) is 2. The SMILES string of the molecule is Cc1cc(C2(CC(=O)O)CCC2)ccc1NC(=O)OC(C)(C)C. The van der Waals surface area contributed by atoms with Crippen LogP contribution in [-0.4, -0.2) is 22.8 Å². The Balaban J connectivity index is 2.15. The van der Waals surface area contributed by atoms with E-state index >= 15 is 0 Å². The molecule has 2 rings (SSSR count). The summed E-state index contributed by atoms with van der Waals surface area (Å²) < 4.78 is 5.25. The number of nitrogens with one attached hydrogen (secondary N) is 1. The number of hydrogen-bond acceptors (Lipinski definition) is 3. The molecule has 2 N–H and O–H groups in total. The van der Waals surface area contributed by atoms with Crippen LogP contribution in [0.15, 0.2) is 18.2 Å². The zero-order valence-electron chi connectivity index (χ0n) is 14.2. The molecule has 0 aliphatic heterocycles. The van der Waals surface area contributed by atoms with Crippen molar-refractivity contribution >= 4 is 17.7 Å². The molecule has 1 aliphatic carbocycles. The lowest BCUT2D eigenvalue weighted by molar-refractivity contribution is -0.139. The van der Waals surface area contributed by atoms with Crippen molar-refractivity contribution in [3.63, 3.8) is 0 Å². The highest BCUT2D eigenvalue weighted by Gasteiger charge is 2.40. The summed E-state index contributed by atoms with van der Waals surface area (Å²) in [7, 11) is 0. The first-order valence-electron chi connectivity index (χ1n) is 7.94. The summed E-state index contributed by atoms with van der Waals surface area (Å²) in [4.78, 5) is 23.0. The molecule has 0 saturated heterocycles. The Kier molecular flexibility index (Phi) is 4.68. The third-order valence-electron chi connectivity index (χ3n) is 4.27. The summed E-state index contributed by atoms with van der Waals surface area (Å²) in [5.74, 6) is -0.765. The molecule has 0 aromatic heterocycles. The van der Waals surface area contributed by atoms with E-state index in [-0.39, 0.29) is 11.8 Å². The van der Waals surface area contributed by atoms with E-state index in [1.807, 2.05) is 45.9 Å². The molecular formula is C18H25NO4. The third kappa shape index (κ3) is 4.24. The van der Waals surface area contributed by atoms with Crippen molar-refractivity contribution in [3.05, 3.63) is 29.3 Å². The van der Waals surface area contributed by atoms with Crippen molar-refractivity contribution in [2.75, 3.05) is 5.32 Å². The van der Waals surface area contributed by atoms with E-state index in [9.17, 15) is 9.59 Å². The number of rotatable bonds is 4. The van der Waals surface area contributed by atoms with Crippen LogP contribution in [0, 0.1) is 6.92 Å². The summed E-state index contributed by atoms with van der Waals surface area (Å²) in [6, 6.07) is 5.73. The van der Waals surface area contributed by atoms with Gasteiger partial charge in [0.15, 0.2) is 0 Å². The van der Waals surface area contributed by atoms with Crippen LogP contribution in [0.25, 0.3) is 0 Å². The molecule has 0 radical (unpaired) electrons. The molecule has 0 heterocycles. The van der Waals surface area contributed by atoms with E-state index in [4.69, 9.17) is 9.84 Å². The van der Waals surface area contributed by atoms with Crippen LogP contribution < -0.4 is 5.32 Å². The van der Waals surface area contributed by atoms with Gasteiger partial charge in [-0.25, -0.2) is 4.79 Å². The number of anilines is 1. The number of amides is 1. The Bertz CT molecular complexity index is 612. The zero-order chi connectivity index (χ0) is 17.3. The molecule has 5 heteroatoms. The second-order valence-corrected chi connectivity index (χ2v) is 7.36. The topological polar surface area (TPSA) is 75.6 Å². The van der Waals surface area contributed by atoms with Crippen molar-refractivity contribution in [1.29, 1.82) is 0 Å². The molecule has 5 nitrogen and oxygen atoms in total. The Morgan fingerprint density at radius 1 is 1.30 bits per heavy atom. The van der Waals surface area contributed by atoms with E-state index < -0.39 is 17.7 Å². The van der Waals surface area contributed by atoms with Gasteiger partial charge in [0.1, 0.15) is 5.60 Å². The minimum Gasteiger partial charge on any atom is -0.481 e. The lowest BCUT2D eigenvalue weighted by Gasteiger charge is -2.41. The average Bonchev–Trinajstić information content (AvgIpc) is 2.34. The van der Waals surface area contributed by atoms with Crippen LogP contribution in [0.4, 0.5) is 10.5 Å². The van der Waals surface area contributed by atoms with Gasteiger partial charge in [-0.2, -0.15) is 0 Å². The van der Waals surface area contributed by atoms with Gasteiger partial charge in [-0.1, -0.05) is 18.6 Å². The van der Waals surface area contributed by atoms with Crippen molar-refractivity contribution in [2.24, 2.45) is 0 Å². The number of carbonyl (C=O) groups excluding carboxylic acids is 1. The van der Waals surface area contributed by atoms with Crippen LogP contribution in [-0.2, 0) is 14.9 Å². The number of aryl methyl sites for hydroxylation is 1. The fourth-order valence-corrected chi connectivity index (χ4v) is 3.01. The molecular weight excluding hydrogens is 294 g/mol. The minimum atomic E-state index is -0.765. The van der Waals surface area contributed by atoms with Gasteiger partial charge in [0.05, 0.1) is 6.42 Å². The fourth-order valence-electron chi connectivity index (χ4n) is 3.01. The molecule has 1 aromatic carbocycles. The maximum Gasteiger partial charge on any atom is 0.412 e. The standard InChI is InChI=1S/C18H25NO4/c1-12-10-13(18(8-5-9-18)11-15(20)21)6-7-14(12)19-16(22)23-17(2,3)4/h6-7,10H,5,8-9,11H2,1-4H3,(H,19,22)(H,20,21). The molecule has 0 bridgehead atoms. The lowest BCUT2D eigenvalue weighted by Crippen LogP contribution is -2.36. The highest BCUT2D eigenvalue weighted by atomic mass is 16.6. The van der Waals surface area contributed by atoms with Crippen LogP contribution in [0.5, 0.6) is 0 Å². The normalized spacial score (nSPS) is 16.3. The van der Waals surface area contributed by atoms with Crippen LogP contribution >= 0.6 is 0 Å². The number of aliphatic carboxylic acids is 1. The number of ether oxygens (including phenoxy) is 1. The van der Waals surface area contributed by atoms with Gasteiger partial charge in [0.2, 0.25) is 0 Å². The molecule has 1 aromatic rings. The Hall–Kier alpha value is -2.04. The fraction of sp³-hybridized carbons (Fsp3) is 0.556. The third-order valence-corrected chi connectivity index (χ3v) is 4.27. The van der Waals surface area contributed by atoms with Crippen molar-refractivity contribution in [3.8, 4) is 0 Å². The summed E-state index contributed by atoms with van der Waals surface area (Å²) in [5, 5.41) is 11.9. The molecule has 1 saturated carbocycles. The van der Waals surface area contributed by atoms with Crippen molar-refractivity contribution in [2.45, 2.75) is 64.4 Å². The highest BCUT2D eigenvalue weighted by molar-refractivity contribution is 5.86. The van der Waals surface area contributed by atoms with Crippen molar-refractivity contribution in [1.82, 2.24) is 0 Å². The Morgan fingerprint density at radius 2 is 1.96 bits per heavy atom. The molecule has 0 atom stereocenters. The quantitative estimate of drug-likeness (QED) is 0.870. The average molecular weight is 319 g/mol. The van der Waals surface area contributed by atoms with Gasteiger partial charge < -0.3 is 9.84 Å². The number of carboxylic acid groups (broad SMARTS) is 1. The van der Waals surface area contributed by atoms with Crippen molar-refractivity contribution < 1.29 is 19.4 Å². The molecule has 23 heavy (non-hydrogen) atoms. The predicted octanol–water partition coefficient (Wildman–Crippen LogP) is 4.24.